The van der Waals surface area contributed by atoms with E-state index in [-0.39, 0.29) is 23.6 Å². The number of benzene rings is 4. The predicted octanol–water partition coefficient (Wildman–Crippen LogP) is 8.06. The van der Waals surface area contributed by atoms with Crippen LogP contribution in [-0.2, 0) is 19.6 Å². The van der Waals surface area contributed by atoms with Gasteiger partial charge in [-0.1, -0.05) is 85.8 Å². The number of carbonyl (C=O) groups excluding carboxylic acids is 2. The quantitative estimate of drug-likeness (QED) is 0.133. The third-order valence-corrected chi connectivity index (χ3v) is 9.66. The van der Waals surface area contributed by atoms with E-state index in [1.165, 1.54) is 35.7 Å². The van der Waals surface area contributed by atoms with E-state index in [2.05, 4.69) is 10.2 Å². The lowest BCUT2D eigenvalue weighted by Crippen LogP contribution is -2.23. The summed E-state index contributed by atoms with van der Waals surface area (Å²) in [6, 6.07) is 29.3. The summed E-state index contributed by atoms with van der Waals surface area (Å²) in [5.74, 6) is -2.10. The van der Waals surface area contributed by atoms with Gasteiger partial charge >= 0.3 is 0 Å². The van der Waals surface area contributed by atoms with Crippen molar-refractivity contribution in [1.29, 1.82) is 0 Å². The molecule has 0 bridgehead atoms. The van der Waals surface area contributed by atoms with Gasteiger partial charge in [0.1, 0.15) is 16.5 Å². The minimum absolute atomic E-state index is 0.0882. The molecule has 248 valence electrons. The number of rotatable bonds is 12. The summed E-state index contributed by atoms with van der Waals surface area (Å²) in [5.41, 5.74) is 2.67. The van der Waals surface area contributed by atoms with Gasteiger partial charge in [-0.3, -0.25) is 19.3 Å². The Morgan fingerprint density at radius 3 is 2.10 bits per heavy atom. The normalized spacial score (nSPS) is 11.3. The van der Waals surface area contributed by atoms with Gasteiger partial charge in [-0.25, -0.2) is 8.78 Å². The molecule has 0 saturated heterocycles. The van der Waals surface area contributed by atoms with Crippen LogP contribution in [0.1, 0.15) is 56.3 Å². The van der Waals surface area contributed by atoms with Crippen LogP contribution in [0.4, 0.5) is 8.78 Å². The Labute approximate surface area is 287 Å². The van der Waals surface area contributed by atoms with Crippen LogP contribution in [0, 0.1) is 11.6 Å². The molecule has 1 amide bonds. The highest BCUT2D eigenvalue weighted by Crippen LogP contribution is 2.39. The first-order chi connectivity index (χ1) is 23.7. The fourth-order valence-electron chi connectivity index (χ4n) is 5.89. The molecule has 0 saturated carbocycles. The third-order valence-electron chi connectivity index (χ3n) is 8.34. The number of nitrogens with one attached hydrogen (secondary N) is 1. The number of fused-ring (bicyclic) bond motifs is 1. The van der Waals surface area contributed by atoms with E-state index in [9.17, 15) is 14.4 Å². The summed E-state index contributed by atoms with van der Waals surface area (Å²) in [6.07, 6.45) is 2.24. The number of aromatic nitrogens is 1. The molecule has 0 aliphatic carbocycles. The van der Waals surface area contributed by atoms with E-state index in [1.54, 1.807) is 47.0 Å². The number of ketones is 1. The lowest BCUT2D eigenvalue weighted by Gasteiger charge is -2.18. The molecular formula is C40H35F2N3O3S. The Bertz CT molecular complexity index is 2160. The van der Waals surface area contributed by atoms with Crippen LogP contribution < -0.4 is 10.7 Å². The van der Waals surface area contributed by atoms with Crippen molar-refractivity contribution in [3.05, 3.63) is 165 Å². The first-order valence-corrected chi connectivity index (χ1v) is 16.9. The topological polar surface area (TPSA) is 71.4 Å². The Morgan fingerprint density at radius 2 is 1.45 bits per heavy atom. The van der Waals surface area contributed by atoms with Crippen molar-refractivity contribution in [2.75, 3.05) is 13.6 Å². The minimum atomic E-state index is -0.723. The van der Waals surface area contributed by atoms with Crippen molar-refractivity contribution in [2.24, 2.45) is 0 Å². The average Bonchev–Trinajstić information content (AvgIpc) is 3.49. The van der Waals surface area contributed by atoms with Crippen LogP contribution in [-0.4, -0.2) is 34.7 Å². The molecular weight excluding hydrogens is 641 g/mol. The van der Waals surface area contributed by atoms with E-state index in [4.69, 9.17) is 0 Å². The van der Waals surface area contributed by atoms with Crippen molar-refractivity contribution in [1.82, 2.24) is 14.8 Å². The number of halogens is 2. The summed E-state index contributed by atoms with van der Waals surface area (Å²) >= 11 is 1.32. The smallest absolute Gasteiger partial charge is 0.251 e. The standard InChI is InChI=1S/C40H35F2N3O3S/c1-3-21-43-39(48)29-19-17-28(18-20-29)38-31(23-44(2)22-26-11-6-4-7-12-26)35-37(47)32(36(46)27-13-8-5-9-14-27)25-45(40(35)49-38)24-30-33(41)15-10-16-34(30)42/h4-20,25H,3,21-24H2,1-2H3,(H,43,48). The van der Waals surface area contributed by atoms with Crippen LogP contribution >= 0.6 is 11.3 Å². The van der Waals surface area contributed by atoms with E-state index in [1.807, 2.05) is 56.4 Å². The molecule has 0 radical (unpaired) electrons. The van der Waals surface area contributed by atoms with Crippen LogP contribution in [0.25, 0.3) is 20.7 Å². The lowest BCUT2D eigenvalue weighted by atomic mass is 10.00. The number of carbonyl (C=O) groups is 2. The fourth-order valence-corrected chi connectivity index (χ4v) is 7.18. The van der Waals surface area contributed by atoms with E-state index in [0.717, 1.165) is 22.4 Å². The summed E-state index contributed by atoms with van der Waals surface area (Å²) in [6.45, 7) is 3.24. The Balaban J connectivity index is 1.56. The molecule has 0 aliphatic rings. The van der Waals surface area contributed by atoms with Gasteiger partial charge in [0.2, 0.25) is 5.43 Å². The Hall–Kier alpha value is -5.25. The number of amides is 1. The van der Waals surface area contributed by atoms with Gasteiger partial charge in [-0.15, -0.1) is 11.3 Å². The summed E-state index contributed by atoms with van der Waals surface area (Å²) in [5, 5.41) is 3.21. The Morgan fingerprint density at radius 1 is 0.796 bits per heavy atom. The molecule has 9 heteroatoms. The SMILES string of the molecule is CCCNC(=O)c1ccc(-c2sc3c(c2CN(C)Cc2ccccc2)c(=O)c(C(=O)c2ccccc2)cn3Cc2c(F)cccc2F)cc1. The maximum atomic E-state index is 15.0. The lowest BCUT2D eigenvalue weighted by molar-refractivity contribution is 0.0953. The zero-order valence-corrected chi connectivity index (χ0v) is 28.0. The van der Waals surface area contributed by atoms with E-state index < -0.39 is 22.8 Å². The Kier molecular flexibility index (Phi) is 10.2. The van der Waals surface area contributed by atoms with Crippen molar-refractivity contribution >= 4 is 33.2 Å². The number of pyridine rings is 1. The summed E-state index contributed by atoms with van der Waals surface area (Å²) < 4.78 is 31.7. The van der Waals surface area contributed by atoms with Crippen molar-refractivity contribution in [3.8, 4) is 10.4 Å². The van der Waals surface area contributed by atoms with Crippen molar-refractivity contribution in [3.63, 3.8) is 0 Å². The zero-order chi connectivity index (χ0) is 34.5. The minimum Gasteiger partial charge on any atom is -0.352 e. The first-order valence-electron chi connectivity index (χ1n) is 16.1. The number of nitrogens with zero attached hydrogens (tertiary/aromatic N) is 2. The van der Waals surface area contributed by atoms with Gasteiger partial charge in [0.25, 0.3) is 5.91 Å². The largest absolute Gasteiger partial charge is 0.352 e. The molecule has 0 aliphatic heterocycles. The average molecular weight is 676 g/mol. The molecule has 0 spiro atoms. The first kappa shape index (κ1) is 33.6. The molecule has 1 N–H and O–H groups in total. The van der Waals surface area contributed by atoms with Gasteiger partial charge in [0.15, 0.2) is 5.78 Å². The monoisotopic (exact) mass is 675 g/mol. The highest BCUT2D eigenvalue weighted by atomic mass is 32.1. The maximum Gasteiger partial charge on any atom is 0.251 e. The molecule has 0 unspecified atom stereocenters. The van der Waals surface area contributed by atoms with Gasteiger partial charge in [0.05, 0.1) is 17.5 Å². The second kappa shape index (κ2) is 14.9. The number of hydrogen-bond acceptors (Lipinski definition) is 5. The molecule has 49 heavy (non-hydrogen) atoms. The van der Waals surface area contributed by atoms with Crippen LogP contribution in [0.3, 0.4) is 0 Å². The van der Waals surface area contributed by atoms with Crippen LogP contribution in [0.2, 0.25) is 0 Å². The van der Waals surface area contributed by atoms with Crippen LogP contribution in [0.5, 0.6) is 0 Å². The van der Waals surface area contributed by atoms with Gasteiger partial charge < -0.3 is 9.88 Å². The number of thiophene rings is 1. The third kappa shape index (κ3) is 7.28. The highest BCUT2D eigenvalue weighted by Gasteiger charge is 2.26. The molecule has 6 aromatic rings. The second-order valence-corrected chi connectivity index (χ2v) is 13.0. The molecule has 4 aromatic carbocycles. The van der Waals surface area contributed by atoms with E-state index >= 15 is 8.78 Å². The van der Waals surface area contributed by atoms with Gasteiger partial charge in [-0.05, 0) is 54.4 Å². The predicted molar refractivity (Wildman–Crippen MR) is 191 cm³/mol. The molecule has 0 fully saturated rings. The molecule has 2 heterocycles. The summed E-state index contributed by atoms with van der Waals surface area (Å²) in [4.78, 5) is 44.3. The van der Waals surface area contributed by atoms with Crippen molar-refractivity contribution in [2.45, 2.75) is 33.0 Å². The zero-order valence-electron chi connectivity index (χ0n) is 27.2. The molecule has 0 atom stereocenters. The maximum absolute atomic E-state index is 15.0. The van der Waals surface area contributed by atoms with E-state index in [0.29, 0.717) is 46.5 Å². The molecule has 6 nitrogen and oxygen atoms in total. The number of hydrogen-bond donors (Lipinski definition) is 1. The molecule has 6 rings (SSSR count). The molecule has 2 aromatic heterocycles. The van der Waals surface area contributed by atoms with Crippen molar-refractivity contribution < 1.29 is 18.4 Å². The summed E-state index contributed by atoms with van der Waals surface area (Å²) in [7, 11) is 1.95. The fraction of sp³-hybridized carbons (Fsp3) is 0.175. The van der Waals surface area contributed by atoms with Gasteiger partial charge in [0, 0.05) is 47.4 Å². The van der Waals surface area contributed by atoms with Gasteiger partial charge in [-0.2, -0.15) is 0 Å². The highest BCUT2D eigenvalue weighted by molar-refractivity contribution is 7.22. The second-order valence-electron chi connectivity index (χ2n) is 12.0. The van der Waals surface area contributed by atoms with Crippen LogP contribution in [0.15, 0.2) is 114 Å².